The first kappa shape index (κ1) is 10.1. The number of ketones is 1. The second kappa shape index (κ2) is 3.95. The molecule has 1 aliphatic carbocycles. The molecular weight excluding hydrogens is 195 g/mol. The molecule has 1 aliphatic rings. The van der Waals surface area contributed by atoms with E-state index in [9.17, 15) is 14.3 Å². The van der Waals surface area contributed by atoms with Crippen molar-refractivity contribution in [1.29, 1.82) is 0 Å². The van der Waals surface area contributed by atoms with Gasteiger partial charge in [-0.05, 0) is 12.5 Å². The van der Waals surface area contributed by atoms with Crippen molar-refractivity contribution >= 4 is 5.78 Å². The van der Waals surface area contributed by atoms with E-state index in [1.54, 1.807) is 18.2 Å². The van der Waals surface area contributed by atoms with E-state index in [0.717, 1.165) is 0 Å². The van der Waals surface area contributed by atoms with Crippen LogP contribution in [0.1, 0.15) is 24.5 Å². The fourth-order valence-electron chi connectivity index (χ4n) is 1.75. The fourth-order valence-corrected chi connectivity index (χ4v) is 1.75. The summed E-state index contributed by atoms with van der Waals surface area (Å²) in [5, 5.41) is 9.84. The molecule has 1 N–H and O–H groups in total. The molecule has 0 radical (unpaired) electrons. The summed E-state index contributed by atoms with van der Waals surface area (Å²) in [7, 11) is 0. The average molecular weight is 206 g/mol. The maximum Gasteiger partial charge on any atom is 0.161 e. The molecule has 1 aromatic rings. The van der Waals surface area contributed by atoms with Crippen molar-refractivity contribution in [2.45, 2.75) is 18.9 Å². The first-order valence-electron chi connectivity index (χ1n) is 4.86. The van der Waals surface area contributed by atoms with E-state index in [1.807, 2.05) is 0 Å². The van der Waals surface area contributed by atoms with Crippen molar-refractivity contribution in [2.24, 2.45) is 0 Å². The molecule has 2 nitrogen and oxygen atoms in total. The van der Waals surface area contributed by atoms with Gasteiger partial charge in [0.2, 0.25) is 0 Å². The summed E-state index contributed by atoms with van der Waals surface area (Å²) in [5.41, 5.74) is 0.485. The Balaban J connectivity index is 2.32. The lowest BCUT2D eigenvalue weighted by atomic mass is 10.00. The Morgan fingerprint density at radius 2 is 2.07 bits per heavy atom. The van der Waals surface area contributed by atoms with E-state index in [2.05, 4.69) is 0 Å². The summed E-state index contributed by atoms with van der Waals surface area (Å²) >= 11 is 0. The van der Waals surface area contributed by atoms with Crippen molar-refractivity contribution < 1.29 is 14.3 Å². The van der Waals surface area contributed by atoms with Crippen LogP contribution in [0, 0.1) is 5.82 Å². The zero-order valence-corrected chi connectivity index (χ0v) is 8.11. The Morgan fingerprint density at radius 3 is 2.67 bits per heavy atom. The first-order valence-corrected chi connectivity index (χ1v) is 4.86. The number of rotatable bonds is 2. The number of carbonyl (C=O) groups excluding carboxylic acids is 1. The second-order valence-corrected chi connectivity index (χ2v) is 3.55. The van der Waals surface area contributed by atoms with Gasteiger partial charge in [-0.2, -0.15) is 0 Å². The number of hydrogen-bond donors (Lipinski definition) is 1. The van der Waals surface area contributed by atoms with Gasteiger partial charge in [-0.1, -0.05) is 24.3 Å². The van der Waals surface area contributed by atoms with Crippen molar-refractivity contribution in [1.82, 2.24) is 0 Å². The smallest absolute Gasteiger partial charge is 0.161 e. The van der Waals surface area contributed by atoms with Gasteiger partial charge in [0.25, 0.3) is 0 Å². The van der Waals surface area contributed by atoms with Gasteiger partial charge in [0.1, 0.15) is 11.9 Å². The highest BCUT2D eigenvalue weighted by atomic mass is 19.1. The van der Waals surface area contributed by atoms with Crippen LogP contribution in [0.4, 0.5) is 4.39 Å². The predicted octanol–water partition coefficient (Wildman–Crippen LogP) is 2.15. The second-order valence-electron chi connectivity index (χ2n) is 3.55. The van der Waals surface area contributed by atoms with E-state index in [-0.39, 0.29) is 11.3 Å². The van der Waals surface area contributed by atoms with Gasteiger partial charge >= 0.3 is 0 Å². The number of hydrogen-bond acceptors (Lipinski definition) is 2. The van der Waals surface area contributed by atoms with E-state index < -0.39 is 11.9 Å². The number of aliphatic hydroxyl groups is 1. The lowest BCUT2D eigenvalue weighted by molar-refractivity contribution is -0.115. The highest BCUT2D eigenvalue weighted by Gasteiger charge is 2.25. The average Bonchev–Trinajstić information content (AvgIpc) is 2.64. The quantitative estimate of drug-likeness (QED) is 0.805. The van der Waals surface area contributed by atoms with Gasteiger partial charge in [-0.25, -0.2) is 4.39 Å². The maximum atomic E-state index is 13.3. The van der Waals surface area contributed by atoms with Crippen molar-refractivity contribution in [3.63, 3.8) is 0 Å². The number of benzene rings is 1. The van der Waals surface area contributed by atoms with Gasteiger partial charge in [-0.15, -0.1) is 0 Å². The SMILES string of the molecule is O=C1CCC=C1C(O)c1ccccc1F. The molecule has 0 fully saturated rings. The van der Waals surface area contributed by atoms with Crippen LogP contribution in [0.5, 0.6) is 0 Å². The topological polar surface area (TPSA) is 37.3 Å². The third kappa shape index (κ3) is 1.83. The molecule has 78 valence electrons. The van der Waals surface area contributed by atoms with Crippen LogP contribution < -0.4 is 0 Å². The van der Waals surface area contributed by atoms with Crippen LogP contribution in [-0.2, 0) is 4.79 Å². The first-order chi connectivity index (χ1) is 7.20. The van der Waals surface area contributed by atoms with E-state index in [4.69, 9.17) is 0 Å². The molecule has 15 heavy (non-hydrogen) atoms. The Hall–Kier alpha value is -1.48. The number of carbonyl (C=O) groups is 1. The summed E-state index contributed by atoms with van der Waals surface area (Å²) < 4.78 is 13.3. The molecule has 0 saturated carbocycles. The molecule has 0 saturated heterocycles. The van der Waals surface area contributed by atoms with E-state index in [1.165, 1.54) is 12.1 Å². The molecule has 0 aromatic heterocycles. The lowest BCUT2D eigenvalue weighted by Crippen LogP contribution is -2.09. The van der Waals surface area contributed by atoms with Crippen LogP contribution in [0.3, 0.4) is 0 Å². The van der Waals surface area contributed by atoms with E-state index >= 15 is 0 Å². The van der Waals surface area contributed by atoms with Gasteiger partial charge in [-0.3, -0.25) is 4.79 Å². The normalized spacial score (nSPS) is 17.7. The predicted molar refractivity (Wildman–Crippen MR) is 53.7 cm³/mol. The molecular formula is C12H11FO2. The summed E-state index contributed by atoms with van der Waals surface area (Å²) in [6.45, 7) is 0. The van der Waals surface area contributed by atoms with Crippen LogP contribution in [-0.4, -0.2) is 10.9 Å². The monoisotopic (exact) mass is 206 g/mol. The molecule has 0 heterocycles. The minimum Gasteiger partial charge on any atom is -0.383 e. The largest absolute Gasteiger partial charge is 0.383 e. The molecule has 0 aliphatic heterocycles. The zero-order chi connectivity index (χ0) is 10.8. The van der Waals surface area contributed by atoms with Crippen LogP contribution in [0.15, 0.2) is 35.9 Å². The highest BCUT2D eigenvalue weighted by Crippen LogP contribution is 2.29. The van der Waals surface area contributed by atoms with Crippen LogP contribution in [0.25, 0.3) is 0 Å². The molecule has 2 rings (SSSR count). The van der Waals surface area contributed by atoms with E-state index in [0.29, 0.717) is 18.4 Å². The van der Waals surface area contributed by atoms with Gasteiger partial charge in [0, 0.05) is 17.6 Å². The molecule has 0 spiro atoms. The minimum absolute atomic E-state index is 0.0919. The number of halogens is 1. The van der Waals surface area contributed by atoms with Gasteiger partial charge in [0.15, 0.2) is 5.78 Å². The molecule has 0 amide bonds. The number of Topliss-reactive ketones (excluding diaryl/α,β-unsaturated/α-hetero) is 1. The molecule has 1 atom stereocenters. The fraction of sp³-hybridized carbons (Fsp3) is 0.250. The Bertz CT molecular complexity index is 423. The van der Waals surface area contributed by atoms with Crippen molar-refractivity contribution in [3.8, 4) is 0 Å². The van der Waals surface area contributed by atoms with Crippen molar-refractivity contribution in [3.05, 3.63) is 47.3 Å². The molecule has 1 unspecified atom stereocenters. The summed E-state index contributed by atoms with van der Waals surface area (Å²) in [4.78, 5) is 11.3. The van der Waals surface area contributed by atoms with Crippen molar-refractivity contribution in [2.75, 3.05) is 0 Å². The third-order valence-electron chi connectivity index (χ3n) is 2.55. The van der Waals surface area contributed by atoms with Crippen LogP contribution >= 0.6 is 0 Å². The van der Waals surface area contributed by atoms with Crippen LogP contribution in [0.2, 0.25) is 0 Å². The number of aliphatic hydroxyl groups excluding tert-OH is 1. The molecule has 0 bridgehead atoms. The highest BCUT2D eigenvalue weighted by molar-refractivity contribution is 5.98. The van der Waals surface area contributed by atoms with Gasteiger partial charge in [0.05, 0.1) is 0 Å². The summed E-state index contributed by atoms with van der Waals surface area (Å²) in [6, 6.07) is 5.96. The minimum atomic E-state index is -1.12. The number of allylic oxidation sites excluding steroid dienone is 1. The summed E-state index contributed by atoms with van der Waals surface area (Å²) in [5.74, 6) is -0.573. The standard InChI is InChI=1S/C12H11FO2/c13-10-6-2-1-4-8(10)12(15)9-5-3-7-11(9)14/h1-2,4-6,12,15H,3,7H2. The zero-order valence-electron chi connectivity index (χ0n) is 8.11. The summed E-state index contributed by atoms with van der Waals surface area (Å²) in [6.07, 6.45) is 1.61. The third-order valence-corrected chi connectivity index (χ3v) is 2.55. The molecule has 3 heteroatoms. The Labute approximate surface area is 87.0 Å². The maximum absolute atomic E-state index is 13.3. The Morgan fingerprint density at radius 1 is 1.33 bits per heavy atom. The molecule has 1 aromatic carbocycles. The Kier molecular flexibility index (Phi) is 2.64. The van der Waals surface area contributed by atoms with Gasteiger partial charge < -0.3 is 5.11 Å². The lowest BCUT2D eigenvalue weighted by Gasteiger charge is -2.11.